The first-order chi connectivity index (χ1) is 12.6. The summed E-state index contributed by atoms with van der Waals surface area (Å²) in [6, 6.07) is 11.3. The molecule has 0 unspecified atom stereocenters. The third-order valence-electron chi connectivity index (χ3n) is 5.63. The molecule has 0 N–H and O–H groups in total. The summed E-state index contributed by atoms with van der Waals surface area (Å²) < 4.78 is 27.4. The number of hydrogen-bond donors (Lipinski definition) is 0. The quantitative estimate of drug-likeness (QED) is 0.829. The van der Waals surface area contributed by atoms with Crippen molar-refractivity contribution in [1.82, 2.24) is 9.47 Å². The lowest BCUT2D eigenvalue weighted by Crippen LogP contribution is -2.58. The summed E-state index contributed by atoms with van der Waals surface area (Å²) in [5.41, 5.74) is 1.60. The average Bonchev–Trinajstić information content (AvgIpc) is 3.16. The van der Waals surface area contributed by atoms with Crippen LogP contribution in [0.4, 0.5) is 0 Å². The smallest absolute Gasteiger partial charge is 0.253 e. The Balaban J connectivity index is 1.38. The van der Waals surface area contributed by atoms with Crippen molar-refractivity contribution < 1.29 is 13.2 Å². The molecule has 0 radical (unpaired) electrons. The van der Waals surface area contributed by atoms with Gasteiger partial charge in [-0.25, -0.2) is 8.42 Å². The van der Waals surface area contributed by atoms with E-state index in [1.54, 1.807) is 17.0 Å². The van der Waals surface area contributed by atoms with Crippen molar-refractivity contribution in [2.24, 2.45) is 0 Å². The van der Waals surface area contributed by atoms with Gasteiger partial charge in [0.1, 0.15) is 0 Å². The van der Waals surface area contributed by atoms with Crippen LogP contribution >= 0.6 is 0 Å². The van der Waals surface area contributed by atoms with Gasteiger partial charge in [-0.2, -0.15) is 0 Å². The highest BCUT2D eigenvalue weighted by atomic mass is 32.2. The number of hydrogen-bond acceptors (Lipinski definition) is 3. The third kappa shape index (κ3) is 3.18. The predicted octanol–water partition coefficient (Wildman–Crippen LogP) is 3.05. The fourth-order valence-electron chi connectivity index (χ4n) is 3.94. The Hall–Kier alpha value is -2.08. The second kappa shape index (κ2) is 6.91. The van der Waals surface area contributed by atoms with Crippen LogP contribution in [0.15, 0.2) is 48.8 Å². The van der Waals surface area contributed by atoms with Gasteiger partial charge in [-0.05, 0) is 49.2 Å². The number of amides is 1. The number of sulfone groups is 1. The maximum atomic E-state index is 12.7. The van der Waals surface area contributed by atoms with Crippen LogP contribution in [-0.4, -0.2) is 47.4 Å². The van der Waals surface area contributed by atoms with E-state index in [0.717, 1.165) is 37.8 Å². The minimum Gasteiger partial charge on any atom is -0.336 e. The normalized spacial score (nSPS) is 19.3. The van der Waals surface area contributed by atoms with Crippen molar-refractivity contribution in [2.45, 2.75) is 42.6 Å². The highest BCUT2D eigenvalue weighted by molar-refractivity contribution is 7.92. The molecule has 1 aliphatic carbocycles. The largest absolute Gasteiger partial charge is 0.336 e. The van der Waals surface area contributed by atoms with Gasteiger partial charge < -0.3 is 9.47 Å². The molecule has 0 spiro atoms. The van der Waals surface area contributed by atoms with Crippen LogP contribution in [0, 0.1) is 0 Å². The molecular weight excluding hydrogens is 348 g/mol. The number of rotatable bonds is 4. The van der Waals surface area contributed by atoms with E-state index < -0.39 is 9.84 Å². The number of benzene rings is 1. The molecule has 0 bridgehead atoms. The zero-order valence-corrected chi connectivity index (χ0v) is 15.6. The molecule has 26 heavy (non-hydrogen) atoms. The van der Waals surface area contributed by atoms with Crippen LogP contribution in [0.1, 0.15) is 42.5 Å². The van der Waals surface area contributed by atoms with Crippen LogP contribution in [0.25, 0.3) is 5.69 Å². The summed E-state index contributed by atoms with van der Waals surface area (Å²) in [7, 11) is -3.11. The summed E-state index contributed by atoms with van der Waals surface area (Å²) >= 11 is 0. The zero-order chi connectivity index (χ0) is 18.1. The Morgan fingerprint density at radius 1 is 0.885 bits per heavy atom. The maximum Gasteiger partial charge on any atom is 0.253 e. The van der Waals surface area contributed by atoms with Gasteiger partial charge in [0, 0.05) is 36.7 Å². The van der Waals surface area contributed by atoms with E-state index in [0.29, 0.717) is 18.7 Å². The summed E-state index contributed by atoms with van der Waals surface area (Å²) in [6.07, 6.45) is 8.63. The first-order valence-electron chi connectivity index (χ1n) is 9.31. The van der Waals surface area contributed by atoms with Gasteiger partial charge in [0.05, 0.1) is 10.5 Å². The number of carbonyl (C=O) groups is 1. The van der Waals surface area contributed by atoms with Gasteiger partial charge in [0.15, 0.2) is 9.84 Å². The van der Waals surface area contributed by atoms with Crippen molar-refractivity contribution >= 4 is 15.7 Å². The standard InChI is InChI=1S/C20H24N2O3S/c23-20(16-8-10-17(11-9-16)21-12-4-5-13-21)22-14-19(15-22)26(24,25)18-6-2-1-3-7-18/h4-5,8-13,18-19H,1-3,6-7,14-15H2. The van der Waals surface area contributed by atoms with Crippen LogP contribution < -0.4 is 0 Å². The van der Waals surface area contributed by atoms with Crippen molar-refractivity contribution in [3.05, 3.63) is 54.4 Å². The fourth-order valence-corrected chi connectivity index (χ4v) is 6.25. The second-order valence-electron chi connectivity index (χ2n) is 7.32. The zero-order valence-electron chi connectivity index (χ0n) is 14.8. The topological polar surface area (TPSA) is 59.4 Å². The molecule has 1 amide bonds. The molecule has 1 saturated heterocycles. The SMILES string of the molecule is O=C(c1ccc(-n2cccc2)cc1)N1CC(S(=O)(=O)C2CCCCC2)C1. The monoisotopic (exact) mass is 372 g/mol. The molecule has 1 aromatic carbocycles. The minimum absolute atomic E-state index is 0.0841. The molecule has 1 saturated carbocycles. The van der Waals surface area contributed by atoms with Gasteiger partial charge in [-0.3, -0.25) is 4.79 Å². The maximum absolute atomic E-state index is 12.7. The van der Waals surface area contributed by atoms with Crippen molar-refractivity contribution in [3.63, 3.8) is 0 Å². The van der Waals surface area contributed by atoms with E-state index in [4.69, 9.17) is 0 Å². The predicted molar refractivity (Wildman–Crippen MR) is 101 cm³/mol. The number of likely N-dealkylation sites (tertiary alicyclic amines) is 1. The molecule has 5 nitrogen and oxygen atoms in total. The molecule has 2 aromatic rings. The van der Waals surface area contributed by atoms with Crippen molar-refractivity contribution in [2.75, 3.05) is 13.1 Å². The minimum atomic E-state index is -3.11. The number of nitrogens with zero attached hydrogens (tertiary/aromatic N) is 2. The van der Waals surface area contributed by atoms with Gasteiger partial charge in [-0.15, -0.1) is 0 Å². The van der Waals surface area contributed by atoms with Crippen molar-refractivity contribution in [3.8, 4) is 5.69 Å². The number of aromatic nitrogens is 1. The second-order valence-corrected chi connectivity index (χ2v) is 9.83. The van der Waals surface area contributed by atoms with E-state index in [1.165, 1.54) is 0 Å². The van der Waals surface area contributed by atoms with Gasteiger partial charge in [0.25, 0.3) is 5.91 Å². The molecular formula is C20H24N2O3S. The Bertz CT molecular complexity index is 860. The summed E-state index contributed by atoms with van der Waals surface area (Å²) in [4.78, 5) is 14.2. The number of carbonyl (C=O) groups excluding carboxylic acids is 1. The van der Waals surface area contributed by atoms with Crippen LogP contribution in [0.5, 0.6) is 0 Å². The van der Waals surface area contributed by atoms with E-state index in [9.17, 15) is 13.2 Å². The Labute approximate surface area is 154 Å². The van der Waals surface area contributed by atoms with Gasteiger partial charge in [-0.1, -0.05) is 19.3 Å². The lowest BCUT2D eigenvalue weighted by atomic mass is 10.0. The van der Waals surface area contributed by atoms with Crippen LogP contribution in [-0.2, 0) is 9.84 Å². The van der Waals surface area contributed by atoms with Gasteiger partial charge >= 0.3 is 0 Å². The van der Waals surface area contributed by atoms with E-state index in [2.05, 4.69) is 0 Å². The Kier molecular flexibility index (Phi) is 4.61. The first kappa shape index (κ1) is 17.3. The van der Waals surface area contributed by atoms with E-state index in [-0.39, 0.29) is 16.4 Å². The first-order valence-corrected chi connectivity index (χ1v) is 10.9. The fraction of sp³-hybridized carbons (Fsp3) is 0.450. The molecule has 2 fully saturated rings. The molecule has 4 rings (SSSR count). The molecule has 1 aromatic heterocycles. The highest BCUT2D eigenvalue weighted by Crippen LogP contribution is 2.30. The summed E-state index contributed by atoms with van der Waals surface area (Å²) in [5, 5.41) is -0.576. The molecule has 2 heterocycles. The van der Waals surface area contributed by atoms with Crippen molar-refractivity contribution in [1.29, 1.82) is 0 Å². The van der Waals surface area contributed by atoms with E-state index >= 15 is 0 Å². The Morgan fingerprint density at radius 2 is 1.50 bits per heavy atom. The van der Waals surface area contributed by atoms with Crippen LogP contribution in [0.3, 0.4) is 0 Å². The molecule has 138 valence electrons. The lowest BCUT2D eigenvalue weighted by molar-refractivity contribution is 0.0658. The third-order valence-corrected chi connectivity index (χ3v) is 8.26. The average molecular weight is 372 g/mol. The highest BCUT2D eigenvalue weighted by Gasteiger charge is 2.43. The van der Waals surface area contributed by atoms with Crippen LogP contribution in [0.2, 0.25) is 0 Å². The molecule has 0 atom stereocenters. The molecule has 6 heteroatoms. The van der Waals surface area contributed by atoms with E-state index in [1.807, 2.05) is 41.2 Å². The molecule has 1 aliphatic heterocycles. The molecule has 2 aliphatic rings. The van der Waals surface area contributed by atoms with Gasteiger partial charge in [0.2, 0.25) is 0 Å². The summed E-state index contributed by atoms with van der Waals surface area (Å²) in [5.74, 6) is -0.0841. The lowest BCUT2D eigenvalue weighted by Gasteiger charge is -2.40. The summed E-state index contributed by atoms with van der Waals surface area (Å²) in [6.45, 7) is 0.661. The Morgan fingerprint density at radius 3 is 2.12 bits per heavy atom.